The Hall–Kier alpha value is -1.10. The zero-order chi connectivity index (χ0) is 13.0. The average Bonchev–Trinajstić information content (AvgIpc) is 3.14. The highest BCUT2D eigenvalue weighted by molar-refractivity contribution is 5.83. The van der Waals surface area contributed by atoms with Gasteiger partial charge in [0.15, 0.2) is 0 Å². The number of nitrogens with one attached hydrogen (secondary N) is 1. The summed E-state index contributed by atoms with van der Waals surface area (Å²) in [7, 11) is 0. The first-order valence-electron chi connectivity index (χ1n) is 6.91. The maximum Gasteiger partial charge on any atom is 0.320 e. The topological polar surface area (TPSA) is 58.6 Å². The van der Waals surface area contributed by atoms with Gasteiger partial charge in [0.25, 0.3) is 0 Å². The quantitative estimate of drug-likeness (QED) is 0.733. The zero-order valence-electron chi connectivity index (χ0n) is 11.0. The molecule has 2 rings (SSSR count). The van der Waals surface area contributed by atoms with Crippen LogP contribution in [0, 0.1) is 0 Å². The van der Waals surface area contributed by atoms with E-state index in [1.165, 1.54) is 0 Å². The maximum absolute atomic E-state index is 12.0. The lowest BCUT2D eigenvalue weighted by atomic mass is 10.1. The van der Waals surface area contributed by atoms with E-state index in [2.05, 4.69) is 5.32 Å². The highest BCUT2D eigenvalue weighted by atomic mass is 16.5. The minimum absolute atomic E-state index is 0.0729. The van der Waals surface area contributed by atoms with Gasteiger partial charge in [0.05, 0.1) is 19.2 Å². The van der Waals surface area contributed by atoms with Crippen LogP contribution in [0.15, 0.2) is 0 Å². The zero-order valence-corrected chi connectivity index (χ0v) is 11.0. The molecule has 18 heavy (non-hydrogen) atoms. The van der Waals surface area contributed by atoms with Crippen molar-refractivity contribution in [3.05, 3.63) is 0 Å². The van der Waals surface area contributed by atoms with Crippen LogP contribution in [0.25, 0.3) is 0 Å². The Bertz CT molecular complexity index is 315. The summed E-state index contributed by atoms with van der Waals surface area (Å²) in [5.74, 6) is -0.148. The normalized spacial score (nSPS) is 24.6. The molecule has 1 saturated carbocycles. The molecule has 0 bridgehead atoms. The van der Waals surface area contributed by atoms with E-state index in [0.717, 1.165) is 38.6 Å². The summed E-state index contributed by atoms with van der Waals surface area (Å²) < 4.78 is 5.00. The number of hydrogen-bond acceptors (Lipinski definition) is 4. The number of nitrogens with zero attached hydrogens (tertiary/aromatic N) is 1. The number of carbonyl (C=O) groups is 2. The van der Waals surface area contributed by atoms with Crippen LogP contribution in [0.1, 0.15) is 39.0 Å². The summed E-state index contributed by atoms with van der Waals surface area (Å²) in [6, 6.07) is 0.243. The van der Waals surface area contributed by atoms with E-state index in [0.29, 0.717) is 12.6 Å². The van der Waals surface area contributed by atoms with Gasteiger partial charge in [-0.25, -0.2) is 0 Å². The van der Waals surface area contributed by atoms with Crippen LogP contribution in [0.2, 0.25) is 0 Å². The Morgan fingerprint density at radius 2 is 2.17 bits per heavy atom. The molecule has 1 saturated heterocycles. The van der Waals surface area contributed by atoms with Crippen molar-refractivity contribution in [2.75, 3.05) is 19.7 Å². The van der Waals surface area contributed by atoms with Crippen molar-refractivity contribution < 1.29 is 14.3 Å². The average molecular weight is 254 g/mol. The molecule has 0 aromatic carbocycles. The SMILES string of the molecule is CCOC(=O)CN(C1CC1)C1CCCCNC1=O. The van der Waals surface area contributed by atoms with Crippen LogP contribution in [0.5, 0.6) is 0 Å². The molecule has 0 aromatic heterocycles. The minimum Gasteiger partial charge on any atom is -0.465 e. The van der Waals surface area contributed by atoms with E-state index >= 15 is 0 Å². The van der Waals surface area contributed by atoms with Crippen LogP contribution in [0.3, 0.4) is 0 Å². The Balaban J connectivity index is 1.99. The molecule has 5 heteroatoms. The summed E-state index contributed by atoms with van der Waals surface area (Å²) in [4.78, 5) is 25.7. The van der Waals surface area contributed by atoms with Crippen molar-refractivity contribution in [1.29, 1.82) is 0 Å². The molecule has 5 nitrogen and oxygen atoms in total. The Kier molecular flexibility index (Phi) is 4.58. The second kappa shape index (κ2) is 6.18. The number of carbonyl (C=O) groups excluding carboxylic acids is 2. The van der Waals surface area contributed by atoms with E-state index in [1.54, 1.807) is 6.92 Å². The third-order valence-electron chi connectivity index (χ3n) is 3.54. The first kappa shape index (κ1) is 13.3. The van der Waals surface area contributed by atoms with Gasteiger partial charge in [-0.1, -0.05) is 0 Å². The van der Waals surface area contributed by atoms with Crippen LogP contribution >= 0.6 is 0 Å². The first-order chi connectivity index (χ1) is 8.72. The van der Waals surface area contributed by atoms with Crippen LogP contribution < -0.4 is 5.32 Å². The van der Waals surface area contributed by atoms with E-state index in [4.69, 9.17) is 4.74 Å². The van der Waals surface area contributed by atoms with Crippen molar-refractivity contribution in [2.24, 2.45) is 0 Å². The smallest absolute Gasteiger partial charge is 0.320 e. The van der Waals surface area contributed by atoms with Crippen molar-refractivity contribution >= 4 is 11.9 Å². The molecule has 1 amide bonds. The lowest BCUT2D eigenvalue weighted by molar-refractivity contribution is -0.146. The number of amides is 1. The second-order valence-electron chi connectivity index (χ2n) is 5.01. The van der Waals surface area contributed by atoms with Gasteiger partial charge in [0, 0.05) is 12.6 Å². The van der Waals surface area contributed by atoms with Crippen molar-refractivity contribution in [3.8, 4) is 0 Å². The molecule has 1 heterocycles. The second-order valence-corrected chi connectivity index (χ2v) is 5.01. The lowest BCUT2D eigenvalue weighted by Gasteiger charge is -2.28. The molecule has 1 atom stereocenters. The van der Waals surface area contributed by atoms with Crippen molar-refractivity contribution in [2.45, 2.75) is 51.1 Å². The third kappa shape index (κ3) is 3.45. The van der Waals surface area contributed by atoms with Crippen LogP contribution in [0.4, 0.5) is 0 Å². The van der Waals surface area contributed by atoms with Gasteiger partial charge < -0.3 is 10.1 Å². The summed E-state index contributed by atoms with van der Waals surface area (Å²) in [5.41, 5.74) is 0. The van der Waals surface area contributed by atoms with Gasteiger partial charge in [-0.2, -0.15) is 0 Å². The Labute approximate surface area is 108 Å². The fourth-order valence-corrected chi connectivity index (χ4v) is 2.50. The third-order valence-corrected chi connectivity index (χ3v) is 3.54. The molecule has 0 aromatic rings. The van der Waals surface area contributed by atoms with E-state index < -0.39 is 0 Å². The molecule has 0 radical (unpaired) electrons. The predicted octanol–water partition coefficient (Wildman–Crippen LogP) is 0.683. The van der Waals surface area contributed by atoms with Crippen molar-refractivity contribution in [3.63, 3.8) is 0 Å². The molecule has 2 aliphatic rings. The lowest BCUT2D eigenvalue weighted by Crippen LogP contribution is -2.49. The van der Waals surface area contributed by atoms with Crippen molar-refractivity contribution in [1.82, 2.24) is 10.2 Å². The highest BCUT2D eigenvalue weighted by Gasteiger charge is 2.38. The molecular weight excluding hydrogens is 232 g/mol. The predicted molar refractivity (Wildman–Crippen MR) is 67.0 cm³/mol. The monoisotopic (exact) mass is 254 g/mol. The summed E-state index contributed by atoms with van der Waals surface area (Å²) in [6.07, 6.45) is 5.09. The molecular formula is C13H22N2O3. The van der Waals surface area contributed by atoms with Gasteiger partial charge in [-0.05, 0) is 39.0 Å². The number of hydrogen-bond donors (Lipinski definition) is 1. The fourth-order valence-electron chi connectivity index (χ4n) is 2.50. The summed E-state index contributed by atoms with van der Waals surface area (Å²) in [5, 5.41) is 2.93. The number of ether oxygens (including phenoxy) is 1. The molecule has 1 aliphatic heterocycles. The molecule has 1 N–H and O–H groups in total. The number of esters is 1. The molecule has 102 valence electrons. The summed E-state index contributed by atoms with van der Waals surface area (Å²) in [6.45, 7) is 3.20. The molecule has 1 unspecified atom stereocenters. The van der Waals surface area contributed by atoms with E-state index in [-0.39, 0.29) is 24.5 Å². The minimum atomic E-state index is -0.221. The van der Waals surface area contributed by atoms with Gasteiger partial charge >= 0.3 is 5.97 Å². The summed E-state index contributed by atoms with van der Waals surface area (Å²) >= 11 is 0. The van der Waals surface area contributed by atoms with Crippen LogP contribution in [-0.4, -0.2) is 48.6 Å². The molecule has 2 fully saturated rings. The Morgan fingerprint density at radius 3 is 2.83 bits per heavy atom. The van der Waals surface area contributed by atoms with Gasteiger partial charge in [0.2, 0.25) is 5.91 Å². The van der Waals surface area contributed by atoms with Gasteiger partial charge in [-0.15, -0.1) is 0 Å². The number of rotatable bonds is 5. The Morgan fingerprint density at radius 1 is 1.39 bits per heavy atom. The maximum atomic E-state index is 12.0. The van der Waals surface area contributed by atoms with Crippen LogP contribution in [-0.2, 0) is 14.3 Å². The molecule has 1 aliphatic carbocycles. The van der Waals surface area contributed by atoms with Gasteiger partial charge in [-0.3, -0.25) is 14.5 Å². The standard InChI is InChI=1S/C13H22N2O3/c1-2-18-12(16)9-15(10-6-7-10)11-5-3-4-8-14-13(11)17/h10-11H,2-9H2,1H3,(H,14,17). The first-order valence-corrected chi connectivity index (χ1v) is 6.91. The van der Waals surface area contributed by atoms with E-state index in [9.17, 15) is 9.59 Å². The largest absolute Gasteiger partial charge is 0.465 e. The molecule has 0 spiro atoms. The highest BCUT2D eigenvalue weighted by Crippen LogP contribution is 2.30. The fraction of sp³-hybridized carbons (Fsp3) is 0.846. The van der Waals surface area contributed by atoms with Gasteiger partial charge in [0.1, 0.15) is 0 Å². The van der Waals surface area contributed by atoms with E-state index in [1.807, 2.05) is 4.90 Å².